The summed E-state index contributed by atoms with van der Waals surface area (Å²) in [4.78, 5) is 42.6. The summed E-state index contributed by atoms with van der Waals surface area (Å²) < 4.78 is 40.7. The molecule has 1 aliphatic carbocycles. The molecule has 1 spiro atoms. The second kappa shape index (κ2) is 10.8. The smallest absolute Gasteiger partial charge is 0.274 e. The van der Waals surface area contributed by atoms with Crippen molar-refractivity contribution >= 4 is 11.8 Å². The van der Waals surface area contributed by atoms with E-state index in [0.29, 0.717) is 19.6 Å². The van der Waals surface area contributed by atoms with Crippen molar-refractivity contribution in [2.75, 3.05) is 20.3 Å². The molecule has 0 bridgehead atoms. The summed E-state index contributed by atoms with van der Waals surface area (Å²) in [5.41, 5.74) is -0.597. The number of nitrogens with one attached hydrogen (secondary N) is 1. The average Bonchev–Trinajstić information content (AvgIpc) is 3.62. The topological polar surface area (TPSA) is 89.9 Å². The molecular weight excluding hydrogens is 520 g/mol. The average molecular weight is 552 g/mol. The molecular formula is C30H31F2N3O5. The third-order valence-corrected chi connectivity index (χ3v) is 7.67. The van der Waals surface area contributed by atoms with E-state index >= 15 is 0 Å². The number of amides is 2. The van der Waals surface area contributed by atoms with Crippen LogP contribution in [0.1, 0.15) is 52.2 Å². The highest BCUT2D eigenvalue weighted by molar-refractivity contribution is 5.99. The maximum absolute atomic E-state index is 14.2. The van der Waals surface area contributed by atoms with Crippen molar-refractivity contribution in [3.8, 4) is 5.75 Å². The van der Waals surface area contributed by atoms with Gasteiger partial charge in [0.25, 0.3) is 11.8 Å². The Bertz CT molecular complexity index is 1510. The van der Waals surface area contributed by atoms with Crippen molar-refractivity contribution in [3.05, 3.63) is 99.0 Å². The van der Waals surface area contributed by atoms with Gasteiger partial charge in [-0.05, 0) is 31.9 Å². The Labute approximate surface area is 230 Å². The number of pyridine rings is 1. The molecule has 2 amide bonds. The van der Waals surface area contributed by atoms with Gasteiger partial charge in [0.15, 0.2) is 11.4 Å². The predicted molar refractivity (Wildman–Crippen MR) is 143 cm³/mol. The highest BCUT2D eigenvalue weighted by Crippen LogP contribution is 2.54. The van der Waals surface area contributed by atoms with Gasteiger partial charge in [-0.2, -0.15) is 0 Å². The number of halogens is 2. The van der Waals surface area contributed by atoms with Crippen LogP contribution in [-0.4, -0.2) is 47.6 Å². The van der Waals surface area contributed by atoms with Gasteiger partial charge in [-0.15, -0.1) is 0 Å². The monoisotopic (exact) mass is 551 g/mol. The van der Waals surface area contributed by atoms with Crippen LogP contribution in [0.5, 0.6) is 5.75 Å². The van der Waals surface area contributed by atoms with Crippen molar-refractivity contribution in [2.24, 2.45) is 5.92 Å². The van der Waals surface area contributed by atoms with Crippen LogP contribution in [0, 0.1) is 17.6 Å². The van der Waals surface area contributed by atoms with Gasteiger partial charge < -0.3 is 24.3 Å². The van der Waals surface area contributed by atoms with Crippen LogP contribution in [0.3, 0.4) is 0 Å². The van der Waals surface area contributed by atoms with Gasteiger partial charge in [0.05, 0.1) is 12.1 Å². The molecule has 5 rings (SSSR count). The summed E-state index contributed by atoms with van der Waals surface area (Å²) in [5.74, 6) is -2.81. The first-order chi connectivity index (χ1) is 19.2. The fourth-order valence-electron chi connectivity index (χ4n) is 5.37. The molecule has 1 aromatic heterocycles. The van der Waals surface area contributed by atoms with Gasteiger partial charge in [0.1, 0.15) is 23.8 Å². The van der Waals surface area contributed by atoms with E-state index in [1.54, 1.807) is 16.6 Å². The summed E-state index contributed by atoms with van der Waals surface area (Å²) in [6.07, 6.45) is 2.10. The number of carbonyl (C=O) groups is 2. The van der Waals surface area contributed by atoms with Gasteiger partial charge in [0, 0.05) is 50.0 Å². The molecule has 10 heteroatoms. The normalized spacial score (nSPS) is 19.6. The zero-order chi connectivity index (χ0) is 28.6. The maximum atomic E-state index is 14.2. The van der Waals surface area contributed by atoms with Gasteiger partial charge >= 0.3 is 0 Å². The van der Waals surface area contributed by atoms with E-state index in [0.717, 1.165) is 17.7 Å². The summed E-state index contributed by atoms with van der Waals surface area (Å²) in [5, 5.41) is 2.56. The molecule has 2 atom stereocenters. The zero-order valence-corrected chi connectivity index (χ0v) is 22.6. The molecule has 0 unspecified atom stereocenters. The number of nitrogens with zero attached hydrogens (tertiary/aromatic N) is 2. The van der Waals surface area contributed by atoms with Crippen molar-refractivity contribution in [1.29, 1.82) is 0 Å². The van der Waals surface area contributed by atoms with E-state index in [-0.39, 0.29) is 53.6 Å². The lowest BCUT2D eigenvalue weighted by molar-refractivity contribution is 0.0539. The first-order valence-corrected chi connectivity index (χ1v) is 13.1. The second-order valence-corrected chi connectivity index (χ2v) is 10.6. The van der Waals surface area contributed by atoms with Gasteiger partial charge in [-0.1, -0.05) is 36.4 Å². The summed E-state index contributed by atoms with van der Waals surface area (Å²) in [6.45, 7) is 4.41. The molecule has 1 N–H and O–H groups in total. The number of carbonyl (C=O) groups excluding carboxylic acids is 2. The molecule has 3 aromatic rings. The van der Waals surface area contributed by atoms with Crippen molar-refractivity contribution in [2.45, 2.75) is 45.0 Å². The first kappa shape index (κ1) is 27.5. The van der Waals surface area contributed by atoms with Gasteiger partial charge in [-0.25, -0.2) is 8.78 Å². The van der Waals surface area contributed by atoms with Crippen LogP contribution in [-0.2, 0) is 23.4 Å². The third-order valence-electron chi connectivity index (χ3n) is 7.67. The predicted octanol–water partition coefficient (Wildman–Crippen LogP) is 3.86. The Kier molecular flexibility index (Phi) is 7.46. The number of hydrogen-bond acceptors (Lipinski definition) is 5. The Morgan fingerprint density at radius 1 is 1.15 bits per heavy atom. The van der Waals surface area contributed by atoms with E-state index in [1.807, 2.05) is 44.2 Å². The molecule has 210 valence electrons. The van der Waals surface area contributed by atoms with E-state index in [1.165, 1.54) is 12.3 Å². The Morgan fingerprint density at radius 3 is 2.58 bits per heavy atom. The Morgan fingerprint density at radius 2 is 1.90 bits per heavy atom. The minimum absolute atomic E-state index is 0.0123. The lowest BCUT2D eigenvalue weighted by atomic mass is 10.0. The van der Waals surface area contributed by atoms with Crippen LogP contribution in [0.25, 0.3) is 0 Å². The number of fused-ring (bicyclic) bond motifs is 2. The van der Waals surface area contributed by atoms with Gasteiger partial charge in [0.2, 0.25) is 5.43 Å². The molecule has 40 heavy (non-hydrogen) atoms. The highest BCUT2D eigenvalue weighted by atomic mass is 19.1. The summed E-state index contributed by atoms with van der Waals surface area (Å²) in [7, 11) is 1.61. The molecule has 1 saturated carbocycles. The molecule has 2 heterocycles. The molecule has 1 aliphatic heterocycles. The summed E-state index contributed by atoms with van der Waals surface area (Å²) in [6, 6.07) is 12.1. The van der Waals surface area contributed by atoms with E-state index < -0.39 is 28.5 Å². The number of methoxy groups -OCH3 is 1. The van der Waals surface area contributed by atoms with E-state index in [2.05, 4.69) is 5.32 Å². The first-order valence-electron chi connectivity index (χ1n) is 13.1. The maximum Gasteiger partial charge on any atom is 0.274 e. The molecule has 1 fully saturated rings. The Balaban J connectivity index is 1.58. The lowest BCUT2D eigenvalue weighted by Crippen LogP contribution is -2.52. The number of aromatic nitrogens is 1. The van der Waals surface area contributed by atoms with Gasteiger partial charge in [-0.3, -0.25) is 14.4 Å². The lowest BCUT2D eigenvalue weighted by Gasteiger charge is -2.40. The second-order valence-electron chi connectivity index (χ2n) is 10.6. The fraction of sp³-hybridized carbons (Fsp3) is 0.367. The van der Waals surface area contributed by atoms with Crippen molar-refractivity contribution in [1.82, 2.24) is 14.8 Å². The largest absolute Gasteiger partial charge is 0.483 e. The van der Waals surface area contributed by atoms with Crippen LogP contribution in [0.15, 0.2) is 59.5 Å². The number of rotatable bonds is 9. The fourth-order valence-corrected chi connectivity index (χ4v) is 5.37. The number of hydrogen-bond donors (Lipinski definition) is 1. The van der Waals surface area contributed by atoms with Crippen molar-refractivity contribution < 1.29 is 27.8 Å². The zero-order valence-electron chi connectivity index (χ0n) is 22.6. The van der Waals surface area contributed by atoms with E-state index in [9.17, 15) is 23.2 Å². The van der Waals surface area contributed by atoms with Crippen LogP contribution >= 0.6 is 0 Å². The molecule has 2 aromatic carbocycles. The summed E-state index contributed by atoms with van der Waals surface area (Å²) >= 11 is 0. The number of ether oxygens (including phenoxy) is 2. The Hall–Kier alpha value is -4.05. The minimum atomic E-state index is -0.812. The highest BCUT2D eigenvalue weighted by Gasteiger charge is 2.61. The molecule has 0 radical (unpaired) electrons. The molecule has 8 nitrogen and oxygen atoms in total. The SMILES string of the molecule is COC[C@@H]1C[C@]12CN(C(C)C)C(=O)c1c(OCc3ccccc3)c(=O)c(C(=O)NCc3ccc(F)cc3F)cn12. The minimum Gasteiger partial charge on any atom is -0.483 e. The van der Waals surface area contributed by atoms with Crippen molar-refractivity contribution in [3.63, 3.8) is 0 Å². The van der Waals surface area contributed by atoms with Crippen LogP contribution in [0.2, 0.25) is 0 Å². The standard InChI is InChI=1S/C30H31F2N3O5/c1-18(2)34-17-30(12-21(30)16-39-3)35-14-23(28(37)33-13-20-9-10-22(31)11-24(20)32)26(36)27(25(35)29(34)38)40-15-19-7-5-4-6-8-19/h4-11,14,18,21H,12-13,15-17H2,1-3H3,(H,33,37)/t21-,30-/m0/s1. The quantitative estimate of drug-likeness (QED) is 0.436. The van der Waals surface area contributed by atoms with E-state index in [4.69, 9.17) is 9.47 Å². The third kappa shape index (κ3) is 4.99. The molecule has 2 aliphatic rings. The molecule has 0 saturated heterocycles. The van der Waals surface area contributed by atoms with Crippen LogP contribution < -0.4 is 15.5 Å². The van der Waals surface area contributed by atoms with Crippen LogP contribution in [0.4, 0.5) is 8.78 Å². The number of benzene rings is 2.